The molecule has 3 rings (SSSR count). The highest BCUT2D eigenvalue weighted by Crippen LogP contribution is 2.27. The van der Waals surface area contributed by atoms with Crippen LogP contribution in [0.25, 0.3) is 0 Å². The Morgan fingerprint density at radius 1 is 0.962 bits per heavy atom. The van der Waals surface area contributed by atoms with Gasteiger partial charge in [-0.05, 0) is 44.1 Å². The molecule has 0 radical (unpaired) electrons. The molecule has 146 valence electrons. The van der Waals surface area contributed by atoms with Crippen molar-refractivity contribution >= 4 is 0 Å². The van der Waals surface area contributed by atoms with Crippen molar-refractivity contribution < 1.29 is 14.6 Å². The number of ether oxygens (including phenoxy) is 2. The van der Waals surface area contributed by atoms with E-state index in [-0.39, 0.29) is 6.61 Å². The molecule has 0 aromatic heterocycles. The maximum atomic E-state index is 9.08. The van der Waals surface area contributed by atoms with Gasteiger partial charge >= 0.3 is 0 Å². The Bertz CT molecular complexity index is 553. The maximum Gasteiger partial charge on any atom is 0.123 e. The largest absolute Gasteiger partial charge is 0.497 e. The minimum atomic E-state index is 0.270. The van der Waals surface area contributed by atoms with Crippen LogP contribution in [0.3, 0.4) is 0 Å². The number of benzene rings is 1. The number of nitrogens with zero attached hydrogens (tertiary/aromatic N) is 3. The molecule has 2 aliphatic heterocycles. The van der Waals surface area contributed by atoms with E-state index in [1.54, 1.807) is 14.2 Å². The van der Waals surface area contributed by atoms with Gasteiger partial charge in [0, 0.05) is 50.9 Å². The average Bonchev–Trinajstić information content (AvgIpc) is 2.69. The lowest BCUT2D eigenvalue weighted by Crippen LogP contribution is -2.53. The number of piperidine rings is 1. The van der Waals surface area contributed by atoms with E-state index in [0.717, 1.165) is 63.9 Å². The summed E-state index contributed by atoms with van der Waals surface area (Å²) in [5.74, 6) is 1.82. The fraction of sp³-hybridized carbons (Fsp3) is 0.700. The summed E-state index contributed by atoms with van der Waals surface area (Å²) in [6.07, 6.45) is 2.46. The molecular weight excluding hydrogens is 330 g/mol. The van der Waals surface area contributed by atoms with E-state index in [1.165, 1.54) is 18.4 Å². The minimum Gasteiger partial charge on any atom is -0.497 e. The van der Waals surface area contributed by atoms with Crippen molar-refractivity contribution in [1.29, 1.82) is 0 Å². The Kier molecular flexibility index (Phi) is 7.14. The van der Waals surface area contributed by atoms with Crippen LogP contribution < -0.4 is 9.47 Å². The van der Waals surface area contributed by atoms with Crippen LogP contribution in [0.4, 0.5) is 0 Å². The quantitative estimate of drug-likeness (QED) is 0.788. The van der Waals surface area contributed by atoms with Crippen molar-refractivity contribution in [3.05, 3.63) is 23.8 Å². The van der Waals surface area contributed by atoms with Crippen LogP contribution in [0.2, 0.25) is 0 Å². The van der Waals surface area contributed by atoms with Gasteiger partial charge in [-0.15, -0.1) is 0 Å². The SMILES string of the molecule is COc1ccc(OC)c(CN2CCC(N3CCN(CCO)CC3)CC2)c1. The van der Waals surface area contributed by atoms with E-state index in [0.29, 0.717) is 6.04 Å². The molecule has 1 aromatic carbocycles. The summed E-state index contributed by atoms with van der Waals surface area (Å²) < 4.78 is 10.9. The first kappa shape index (κ1) is 19.4. The number of rotatable bonds is 7. The van der Waals surface area contributed by atoms with E-state index in [9.17, 15) is 0 Å². The van der Waals surface area contributed by atoms with E-state index in [2.05, 4.69) is 20.8 Å². The Morgan fingerprint density at radius 2 is 1.69 bits per heavy atom. The highest BCUT2D eigenvalue weighted by atomic mass is 16.5. The molecule has 1 N–H and O–H groups in total. The van der Waals surface area contributed by atoms with E-state index in [4.69, 9.17) is 14.6 Å². The summed E-state index contributed by atoms with van der Waals surface area (Å²) in [4.78, 5) is 7.54. The molecule has 6 heteroatoms. The zero-order valence-electron chi connectivity index (χ0n) is 16.2. The van der Waals surface area contributed by atoms with Crippen LogP contribution in [0.1, 0.15) is 18.4 Å². The summed E-state index contributed by atoms with van der Waals surface area (Å²) in [6, 6.07) is 6.73. The molecular formula is C20H33N3O3. The number of methoxy groups -OCH3 is 2. The third-order valence-corrected chi connectivity index (χ3v) is 5.78. The highest BCUT2D eigenvalue weighted by molar-refractivity contribution is 5.40. The molecule has 6 nitrogen and oxygen atoms in total. The summed E-state index contributed by atoms with van der Waals surface area (Å²) >= 11 is 0. The summed E-state index contributed by atoms with van der Waals surface area (Å²) in [5, 5.41) is 9.08. The molecule has 0 atom stereocenters. The number of aliphatic hydroxyl groups is 1. The second-order valence-corrected chi connectivity index (χ2v) is 7.29. The van der Waals surface area contributed by atoms with Crippen molar-refractivity contribution in [1.82, 2.24) is 14.7 Å². The zero-order chi connectivity index (χ0) is 18.4. The van der Waals surface area contributed by atoms with Gasteiger partial charge in [-0.3, -0.25) is 14.7 Å². The zero-order valence-corrected chi connectivity index (χ0v) is 16.2. The smallest absolute Gasteiger partial charge is 0.123 e. The van der Waals surface area contributed by atoms with Gasteiger partial charge in [0.2, 0.25) is 0 Å². The first-order valence-corrected chi connectivity index (χ1v) is 9.74. The number of β-amino-alcohol motifs (C(OH)–C–C–N with tert-alkyl or cyclic N) is 1. The molecule has 0 bridgehead atoms. The average molecular weight is 364 g/mol. The van der Waals surface area contributed by atoms with Crippen LogP contribution in [-0.4, -0.2) is 92.5 Å². The summed E-state index contributed by atoms with van der Waals surface area (Å²) in [7, 11) is 3.44. The van der Waals surface area contributed by atoms with Crippen molar-refractivity contribution in [3.8, 4) is 11.5 Å². The first-order chi connectivity index (χ1) is 12.7. The van der Waals surface area contributed by atoms with Crippen molar-refractivity contribution in [2.75, 3.05) is 66.6 Å². The predicted molar refractivity (Wildman–Crippen MR) is 103 cm³/mol. The predicted octanol–water partition coefficient (Wildman–Crippen LogP) is 1.28. The molecule has 26 heavy (non-hydrogen) atoms. The van der Waals surface area contributed by atoms with Gasteiger partial charge in [0.1, 0.15) is 11.5 Å². The number of hydrogen-bond acceptors (Lipinski definition) is 6. The number of hydrogen-bond donors (Lipinski definition) is 1. The van der Waals surface area contributed by atoms with Gasteiger partial charge in [0.05, 0.1) is 20.8 Å². The second-order valence-electron chi connectivity index (χ2n) is 7.29. The van der Waals surface area contributed by atoms with Crippen molar-refractivity contribution in [2.24, 2.45) is 0 Å². The summed E-state index contributed by atoms with van der Waals surface area (Å²) in [6.45, 7) is 8.69. The molecule has 2 heterocycles. The maximum absolute atomic E-state index is 9.08. The van der Waals surface area contributed by atoms with Gasteiger partial charge < -0.3 is 14.6 Å². The Morgan fingerprint density at radius 3 is 2.31 bits per heavy atom. The third-order valence-electron chi connectivity index (χ3n) is 5.78. The molecule has 0 unspecified atom stereocenters. The van der Waals surface area contributed by atoms with Gasteiger partial charge in [0.15, 0.2) is 0 Å². The third kappa shape index (κ3) is 4.88. The molecule has 2 aliphatic rings. The molecule has 0 aliphatic carbocycles. The van der Waals surface area contributed by atoms with Crippen LogP contribution >= 0.6 is 0 Å². The fourth-order valence-corrected chi connectivity index (χ4v) is 4.18. The van der Waals surface area contributed by atoms with Crippen LogP contribution in [-0.2, 0) is 6.54 Å². The Labute approximate surface area is 157 Å². The van der Waals surface area contributed by atoms with Gasteiger partial charge in [-0.25, -0.2) is 0 Å². The Balaban J connectivity index is 1.49. The van der Waals surface area contributed by atoms with Gasteiger partial charge in [0.25, 0.3) is 0 Å². The lowest BCUT2D eigenvalue weighted by molar-refractivity contribution is 0.0515. The van der Waals surface area contributed by atoms with Crippen LogP contribution in [0, 0.1) is 0 Å². The molecule has 0 spiro atoms. The van der Waals surface area contributed by atoms with E-state index >= 15 is 0 Å². The standard InChI is InChI=1S/C20H33N3O3/c1-25-19-3-4-20(26-2)17(15-19)16-22-7-5-18(6-8-22)23-11-9-21(10-12-23)13-14-24/h3-4,15,18,24H,5-14,16H2,1-2H3. The second kappa shape index (κ2) is 9.55. The van der Waals surface area contributed by atoms with Crippen LogP contribution in [0.5, 0.6) is 11.5 Å². The fourth-order valence-electron chi connectivity index (χ4n) is 4.18. The minimum absolute atomic E-state index is 0.270. The normalized spacial score (nSPS) is 21.0. The molecule has 0 saturated carbocycles. The number of likely N-dealkylation sites (tertiary alicyclic amines) is 1. The molecule has 2 fully saturated rings. The summed E-state index contributed by atoms with van der Waals surface area (Å²) in [5.41, 5.74) is 1.20. The van der Waals surface area contributed by atoms with E-state index < -0.39 is 0 Å². The first-order valence-electron chi connectivity index (χ1n) is 9.74. The van der Waals surface area contributed by atoms with E-state index in [1.807, 2.05) is 12.1 Å². The van der Waals surface area contributed by atoms with Crippen LogP contribution in [0.15, 0.2) is 18.2 Å². The topological polar surface area (TPSA) is 48.4 Å². The lowest BCUT2D eigenvalue weighted by Gasteiger charge is -2.42. The monoisotopic (exact) mass is 363 g/mol. The number of aliphatic hydroxyl groups excluding tert-OH is 1. The molecule has 1 aromatic rings. The molecule has 0 amide bonds. The lowest BCUT2D eigenvalue weighted by atomic mass is 10.0. The Hall–Kier alpha value is -1.34. The van der Waals surface area contributed by atoms with Crippen molar-refractivity contribution in [2.45, 2.75) is 25.4 Å². The van der Waals surface area contributed by atoms with Gasteiger partial charge in [-0.2, -0.15) is 0 Å². The van der Waals surface area contributed by atoms with Gasteiger partial charge in [-0.1, -0.05) is 0 Å². The molecule has 2 saturated heterocycles. The highest BCUT2D eigenvalue weighted by Gasteiger charge is 2.27. The van der Waals surface area contributed by atoms with Crippen molar-refractivity contribution in [3.63, 3.8) is 0 Å². The number of piperazine rings is 1.